The van der Waals surface area contributed by atoms with E-state index in [0.29, 0.717) is 12.4 Å². The Hall–Kier alpha value is -1.62. The van der Waals surface area contributed by atoms with Crippen LogP contribution in [-0.2, 0) is 11.3 Å². The van der Waals surface area contributed by atoms with Crippen molar-refractivity contribution in [2.45, 2.75) is 19.9 Å². The van der Waals surface area contributed by atoms with Crippen molar-refractivity contribution in [1.82, 2.24) is 9.88 Å². The molecular formula is C12H18N4O. The molecule has 5 heteroatoms. The fourth-order valence-electron chi connectivity index (χ4n) is 2.24. The number of aromatic nitrogens is 1. The second-order valence-corrected chi connectivity index (χ2v) is 4.97. The Morgan fingerprint density at radius 1 is 1.65 bits per heavy atom. The van der Waals surface area contributed by atoms with Crippen LogP contribution in [0.1, 0.15) is 18.9 Å². The minimum atomic E-state index is -0.390. The number of hydrogen-bond donors (Lipinski definition) is 2. The molecule has 0 saturated carbocycles. The lowest BCUT2D eigenvalue weighted by atomic mass is 9.89. The van der Waals surface area contributed by atoms with Gasteiger partial charge < -0.3 is 11.5 Å². The summed E-state index contributed by atoms with van der Waals surface area (Å²) in [7, 11) is 0. The van der Waals surface area contributed by atoms with Crippen molar-refractivity contribution in [3.63, 3.8) is 0 Å². The van der Waals surface area contributed by atoms with E-state index in [2.05, 4.69) is 9.88 Å². The van der Waals surface area contributed by atoms with Crippen molar-refractivity contribution in [3.05, 3.63) is 23.9 Å². The fourth-order valence-corrected chi connectivity index (χ4v) is 2.24. The van der Waals surface area contributed by atoms with Gasteiger partial charge in [0, 0.05) is 19.3 Å². The molecule has 0 bridgehead atoms. The van der Waals surface area contributed by atoms with Crippen LogP contribution >= 0.6 is 0 Å². The number of nitrogen functional groups attached to an aromatic ring is 1. The van der Waals surface area contributed by atoms with E-state index in [1.54, 1.807) is 6.20 Å². The van der Waals surface area contributed by atoms with Gasteiger partial charge in [-0.25, -0.2) is 4.98 Å². The number of pyridine rings is 1. The molecule has 1 aliphatic heterocycles. The number of nitrogens with zero attached hydrogens (tertiary/aromatic N) is 2. The summed E-state index contributed by atoms with van der Waals surface area (Å²) < 4.78 is 0. The first-order valence-corrected chi connectivity index (χ1v) is 5.72. The Labute approximate surface area is 101 Å². The lowest BCUT2D eigenvalue weighted by Crippen LogP contribution is -2.36. The predicted molar refractivity (Wildman–Crippen MR) is 65.8 cm³/mol. The van der Waals surface area contributed by atoms with Crippen molar-refractivity contribution >= 4 is 11.7 Å². The summed E-state index contributed by atoms with van der Waals surface area (Å²) in [6.45, 7) is 4.32. The van der Waals surface area contributed by atoms with E-state index in [1.165, 1.54) is 0 Å². The summed E-state index contributed by atoms with van der Waals surface area (Å²) in [5.41, 5.74) is 11.8. The Bertz CT molecular complexity index is 434. The zero-order chi connectivity index (χ0) is 12.5. The van der Waals surface area contributed by atoms with Crippen molar-refractivity contribution in [2.75, 3.05) is 18.8 Å². The summed E-state index contributed by atoms with van der Waals surface area (Å²) in [5.74, 6) is 0.314. The molecule has 0 spiro atoms. The van der Waals surface area contributed by atoms with Crippen molar-refractivity contribution in [1.29, 1.82) is 0 Å². The predicted octanol–water partition coefficient (Wildman–Crippen LogP) is 0.361. The summed E-state index contributed by atoms with van der Waals surface area (Å²) in [5, 5.41) is 0. The molecule has 1 unspecified atom stereocenters. The van der Waals surface area contributed by atoms with Crippen molar-refractivity contribution in [3.8, 4) is 0 Å². The number of rotatable bonds is 3. The molecule has 17 heavy (non-hydrogen) atoms. The van der Waals surface area contributed by atoms with Crippen LogP contribution in [0, 0.1) is 5.41 Å². The van der Waals surface area contributed by atoms with Gasteiger partial charge in [-0.05, 0) is 37.6 Å². The average molecular weight is 234 g/mol. The minimum absolute atomic E-state index is 0.214. The summed E-state index contributed by atoms with van der Waals surface area (Å²) >= 11 is 0. The molecule has 1 saturated heterocycles. The van der Waals surface area contributed by atoms with Crippen LogP contribution in [-0.4, -0.2) is 28.9 Å². The Morgan fingerprint density at radius 2 is 2.41 bits per heavy atom. The molecule has 1 aliphatic rings. The lowest BCUT2D eigenvalue weighted by molar-refractivity contribution is -0.126. The van der Waals surface area contributed by atoms with Gasteiger partial charge in [-0.15, -0.1) is 0 Å². The third kappa shape index (κ3) is 2.55. The van der Waals surface area contributed by atoms with Crippen LogP contribution < -0.4 is 11.5 Å². The number of anilines is 1. The summed E-state index contributed by atoms with van der Waals surface area (Å²) in [6, 6.07) is 3.80. The average Bonchev–Trinajstić information content (AvgIpc) is 2.61. The van der Waals surface area contributed by atoms with Gasteiger partial charge in [0.25, 0.3) is 0 Å². The van der Waals surface area contributed by atoms with Crippen LogP contribution in [0.5, 0.6) is 0 Å². The second-order valence-electron chi connectivity index (χ2n) is 4.97. The largest absolute Gasteiger partial charge is 0.384 e. The van der Waals surface area contributed by atoms with Gasteiger partial charge in [0.05, 0.1) is 5.41 Å². The molecule has 0 radical (unpaired) electrons. The van der Waals surface area contributed by atoms with Gasteiger partial charge in [-0.3, -0.25) is 9.69 Å². The number of hydrogen-bond acceptors (Lipinski definition) is 4. The number of carbonyl (C=O) groups is 1. The topological polar surface area (TPSA) is 85.2 Å². The van der Waals surface area contributed by atoms with Crippen LogP contribution in [0.2, 0.25) is 0 Å². The monoisotopic (exact) mass is 234 g/mol. The number of primary amides is 1. The van der Waals surface area contributed by atoms with E-state index in [9.17, 15) is 4.79 Å². The first kappa shape index (κ1) is 11.9. The Balaban J connectivity index is 2.01. The highest BCUT2D eigenvalue weighted by Gasteiger charge is 2.38. The summed E-state index contributed by atoms with van der Waals surface area (Å²) in [4.78, 5) is 17.5. The van der Waals surface area contributed by atoms with Gasteiger partial charge in [-0.1, -0.05) is 0 Å². The molecule has 92 valence electrons. The zero-order valence-electron chi connectivity index (χ0n) is 10.0. The number of carbonyl (C=O) groups excluding carboxylic acids is 1. The van der Waals surface area contributed by atoms with Crippen LogP contribution in [0.15, 0.2) is 18.3 Å². The highest BCUT2D eigenvalue weighted by molar-refractivity contribution is 5.81. The molecule has 1 amide bonds. The summed E-state index contributed by atoms with van der Waals surface area (Å²) in [6.07, 6.45) is 2.52. The van der Waals surface area contributed by atoms with E-state index in [1.807, 2.05) is 19.1 Å². The molecule has 1 aromatic rings. The first-order valence-electron chi connectivity index (χ1n) is 5.72. The van der Waals surface area contributed by atoms with Crippen molar-refractivity contribution in [2.24, 2.45) is 11.1 Å². The molecule has 2 rings (SSSR count). The SMILES string of the molecule is CC1(C(N)=O)CCN(Cc2ccnc(N)c2)C1. The first-order chi connectivity index (χ1) is 7.99. The van der Waals surface area contributed by atoms with E-state index in [0.717, 1.165) is 25.1 Å². The van der Waals surface area contributed by atoms with E-state index in [-0.39, 0.29) is 5.91 Å². The van der Waals surface area contributed by atoms with E-state index >= 15 is 0 Å². The Morgan fingerprint density at radius 3 is 3.00 bits per heavy atom. The molecule has 2 heterocycles. The highest BCUT2D eigenvalue weighted by Crippen LogP contribution is 2.30. The van der Waals surface area contributed by atoms with Crippen LogP contribution in [0.3, 0.4) is 0 Å². The number of amides is 1. The van der Waals surface area contributed by atoms with Crippen LogP contribution in [0.25, 0.3) is 0 Å². The Kier molecular flexibility index (Phi) is 3.02. The van der Waals surface area contributed by atoms with Gasteiger partial charge >= 0.3 is 0 Å². The minimum Gasteiger partial charge on any atom is -0.384 e. The maximum Gasteiger partial charge on any atom is 0.224 e. The van der Waals surface area contributed by atoms with Gasteiger partial charge in [0.1, 0.15) is 5.82 Å². The third-order valence-corrected chi connectivity index (χ3v) is 3.40. The molecule has 1 fully saturated rings. The second kappa shape index (κ2) is 4.33. The molecular weight excluding hydrogens is 216 g/mol. The van der Waals surface area contributed by atoms with Gasteiger partial charge in [0.2, 0.25) is 5.91 Å². The van der Waals surface area contributed by atoms with Crippen molar-refractivity contribution < 1.29 is 4.79 Å². The molecule has 0 aliphatic carbocycles. The van der Waals surface area contributed by atoms with Crippen LogP contribution in [0.4, 0.5) is 5.82 Å². The number of nitrogens with two attached hydrogens (primary N) is 2. The molecule has 0 aromatic carbocycles. The zero-order valence-corrected chi connectivity index (χ0v) is 10.0. The molecule has 4 N–H and O–H groups in total. The maximum absolute atomic E-state index is 11.3. The highest BCUT2D eigenvalue weighted by atomic mass is 16.1. The number of likely N-dealkylation sites (tertiary alicyclic amines) is 1. The fraction of sp³-hybridized carbons (Fsp3) is 0.500. The van der Waals surface area contributed by atoms with E-state index < -0.39 is 5.41 Å². The third-order valence-electron chi connectivity index (χ3n) is 3.40. The molecule has 5 nitrogen and oxygen atoms in total. The lowest BCUT2D eigenvalue weighted by Gasteiger charge is -2.21. The normalized spacial score (nSPS) is 25.0. The smallest absolute Gasteiger partial charge is 0.224 e. The van der Waals surface area contributed by atoms with Gasteiger partial charge in [0.15, 0.2) is 0 Å². The van der Waals surface area contributed by atoms with Gasteiger partial charge in [-0.2, -0.15) is 0 Å². The molecule has 1 aromatic heterocycles. The van der Waals surface area contributed by atoms with E-state index in [4.69, 9.17) is 11.5 Å². The quantitative estimate of drug-likeness (QED) is 0.790. The maximum atomic E-state index is 11.3. The molecule has 1 atom stereocenters. The standard InChI is InChI=1S/C12H18N4O/c1-12(11(14)17)3-5-16(8-12)7-9-2-4-15-10(13)6-9/h2,4,6H,3,5,7-8H2,1H3,(H2,13,15)(H2,14,17).